The van der Waals surface area contributed by atoms with E-state index in [0.29, 0.717) is 0 Å². The molecule has 0 aromatic heterocycles. The van der Waals surface area contributed by atoms with E-state index in [-0.39, 0.29) is 0 Å². The lowest BCUT2D eigenvalue weighted by atomic mass is 10.9. The molecule has 38 valence electrons. The quantitative estimate of drug-likeness (QED) is 0.437. The van der Waals surface area contributed by atoms with E-state index >= 15 is 0 Å². The van der Waals surface area contributed by atoms with Gasteiger partial charge in [-0.1, -0.05) is 0 Å². The molecule has 0 aliphatic rings. The Morgan fingerprint density at radius 2 is 1.29 bits per heavy atom. The minimum absolute atomic E-state index is 1.24. The molecular weight excluding hydrogens is 92.1 g/mol. The molecule has 0 aliphatic carbocycles. The van der Waals surface area contributed by atoms with Gasteiger partial charge < -0.3 is 4.74 Å². The third-order valence-corrected chi connectivity index (χ3v) is 0.0500. The van der Waals surface area contributed by atoms with Gasteiger partial charge in [0.25, 0.3) is 0 Å². The first-order valence-electron chi connectivity index (χ1n) is 1.51. The van der Waals surface area contributed by atoms with Crippen LogP contribution in [-0.4, -0.2) is 14.2 Å². The van der Waals surface area contributed by atoms with E-state index in [1.54, 1.807) is 14.2 Å². The molecule has 3 nitrogen and oxygen atoms in total. The molecule has 7 heavy (non-hydrogen) atoms. The van der Waals surface area contributed by atoms with Gasteiger partial charge in [0, 0.05) is 14.2 Å². The molecule has 0 fully saturated rings. The van der Waals surface area contributed by atoms with Gasteiger partial charge in [-0.05, 0) is 0 Å². The molecule has 0 aromatic rings. The van der Waals surface area contributed by atoms with E-state index in [4.69, 9.17) is 10.5 Å². The summed E-state index contributed by atoms with van der Waals surface area (Å²) in [5.74, 6) is 0. The summed E-state index contributed by atoms with van der Waals surface area (Å²) < 4.78 is 4.25. The van der Waals surface area contributed by atoms with Crippen LogP contribution in [0.1, 0.15) is 0 Å². The van der Waals surface area contributed by atoms with Gasteiger partial charge in [0.05, 0.1) is 0 Å². The van der Waals surface area contributed by atoms with Crippen LogP contribution in [0, 0.1) is 22.7 Å². The number of hydrogen-bond acceptors (Lipinski definition) is 3. The van der Waals surface area contributed by atoms with Crippen molar-refractivity contribution in [3.63, 3.8) is 0 Å². The number of nitrogens with zero attached hydrogens (tertiary/aromatic N) is 2. The first-order valence-corrected chi connectivity index (χ1v) is 1.51. The lowest BCUT2D eigenvalue weighted by molar-refractivity contribution is 0.277. The highest BCUT2D eigenvalue weighted by Gasteiger charge is 1.39. The standard InChI is InChI=1S/C2N2.C2H6O/c3-1-2-4;1-3-2/h;1-2H3. The SMILES string of the molecule is COC.N#CC#N. The summed E-state index contributed by atoms with van der Waals surface area (Å²) in [4.78, 5) is 0. The highest BCUT2D eigenvalue weighted by Crippen LogP contribution is 1.28. The zero-order chi connectivity index (χ0) is 6.12. The molecule has 3 heteroatoms. The van der Waals surface area contributed by atoms with E-state index in [9.17, 15) is 0 Å². The summed E-state index contributed by atoms with van der Waals surface area (Å²) in [6.45, 7) is 0. The molecule has 0 heterocycles. The average Bonchev–Trinajstić information content (AvgIpc) is 1.69. The summed E-state index contributed by atoms with van der Waals surface area (Å²) in [5, 5.41) is 14.5. The van der Waals surface area contributed by atoms with Crippen LogP contribution >= 0.6 is 0 Å². The topological polar surface area (TPSA) is 56.8 Å². The summed E-state index contributed by atoms with van der Waals surface area (Å²) in [5.41, 5.74) is 0. The Bertz CT molecular complexity index is 74.8. The normalized spacial score (nSPS) is 4.00. The molecule has 0 saturated heterocycles. The predicted octanol–water partition coefficient (Wildman–Crippen LogP) is 0.296. The molecular formula is C4H6N2O. The Labute approximate surface area is 42.7 Å². The molecule has 0 spiro atoms. The van der Waals surface area contributed by atoms with Crippen molar-refractivity contribution in [2.45, 2.75) is 0 Å². The maximum absolute atomic E-state index is 7.26. The Kier molecular flexibility index (Phi) is 27.2. The van der Waals surface area contributed by atoms with E-state index in [1.807, 2.05) is 0 Å². The monoisotopic (exact) mass is 98.0 g/mol. The van der Waals surface area contributed by atoms with Gasteiger partial charge in [-0.2, -0.15) is 10.5 Å². The summed E-state index contributed by atoms with van der Waals surface area (Å²) in [6, 6.07) is 2.47. The largest absolute Gasteiger partial charge is 0.388 e. The van der Waals surface area contributed by atoms with Gasteiger partial charge in [0.1, 0.15) is 0 Å². The molecule has 0 amide bonds. The van der Waals surface area contributed by atoms with E-state index in [2.05, 4.69) is 4.74 Å². The molecule has 0 saturated carbocycles. The molecule has 0 aliphatic heterocycles. The Morgan fingerprint density at radius 3 is 1.29 bits per heavy atom. The van der Waals surface area contributed by atoms with Crippen molar-refractivity contribution in [1.29, 1.82) is 10.5 Å². The predicted molar refractivity (Wildman–Crippen MR) is 24.2 cm³/mol. The van der Waals surface area contributed by atoms with Crippen LogP contribution in [0.15, 0.2) is 0 Å². The number of ether oxygens (including phenoxy) is 1. The van der Waals surface area contributed by atoms with Crippen LogP contribution in [0.3, 0.4) is 0 Å². The molecule has 0 atom stereocenters. The molecule has 0 rings (SSSR count). The second-order valence-electron chi connectivity index (χ2n) is 0.632. The molecule has 0 aromatic carbocycles. The fourth-order valence-corrected chi connectivity index (χ4v) is 0. The third kappa shape index (κ3) is 11900. The first-order chi connectivity index (χ1) is 3.33. The fourth-order valence-electron chi connectivity index (χ4n) is 0. The smallest absolute Gasteiger partial charge is 0.181 e. The van der Waals surface area contributed by atoms with Crippen molar-refractivity contribution in [3.8, 4) is 12.1 Å². The zero-order valence-corrected chi connectivity index (χ0v) is 4.30. The van der Waals surface area contributed by atoms with Gasteiger partial charge >= 0.3 is 0 Å². The number of rotatable bonds is 0. The van der Waals surface area contributed by atoms with Crippen molar-refractivity contribution in [2.24, 2.45) is 0 Å². The molecule has 0 bridgehead atoms. The minimum Gasteiger partial charge on any atom is -0.388 e. The number of hydrogen-bond donors (Lipinski definition) is 0. The van der Waals surface area contributed by atoms with Crippen molar-refractivity contribution in [1.82, 2.24) is 0 Å². The molecule has 0 N–H and O–H groups in total. The summed E-state index contributed by atoms with van der Waals surface area (Å²) in [6.07, 6.45) is 0. The zero-order valence-electron chi connectivity index (χ0n) is 4.30. The second kappa shape index (κ2) is 20.4. The highest BCUT2D eigenvalue weighted by molar-refractivity contribution is 4.99. The van der Waals surface area contributed by atoms with Crippen molar-refractivity contribution < 1.29 is 4.74 Å². The first kappa shape index (κ1) is 9.34. The average molecular weight is 98.1 g/mol. The Balaban J connectivity index is 0. The fraction of sp³-hybridized carbons (Fsp3) is 0.500. The van der Waals surface area contributed by atoms with Crippen LogP contribution in [-0.2, 0) is 4.74 Å². The number of methoxy groups -OCH3 is 1. The Hall–Kier alpha value is -1.06. The van der Waals surface area contributed by atoms with E-state index in [0.717, 1.165) is 0 Å². The van der Waals surface area contributed by atoms with Gasteiger partial charge in [-0.15, -0.1) is 0 Å². The highest BCUT2D eigenvalue weighted by atomic mass is 16.4. The van der Waals surface area contributed by atoms with Crippen LogP contribution < -0.4 is 0 Å². The van der Waals surface area contributed by atoms with Crippen molar-refractivity contribution in [3.05, 3.63) is 0 Å². The molecule has 0 radical (unpaired) electrons. The minimum atomic E-state index is 1.24. The van der Waals surface area contributed by atoms with Crippen LogP contribution in [0.5, 0.6) is 0 Å². The van der Waals surface area contributed by atoms with E-state index in [1.165, 1.54) is 12.1 Å². The van der Waals surface area contributed by atoms with Gasteiger partial charge in [0.15, 0.2) is 12.1 Å². The van der Waals surface area contributed by atoms with Crippen LogP contribution in [0.4, 0.5) is 0 Å². The summed E-state index contributed by atoms with van der Waals surface area (Å²) >= 11 is 0. The van der Waals surface area contributed by atoms with Crippen LogP contribution in [0.2, 0.25) is 0 Å². The number of nitriles is 2. The van der Waals surface area contributed by atoms with Gasteiger partial charge in [0.2, 0.25) is 0 Å². The third-order valence-electron chi connectivity index (χ3n) is 0.0500. The van der Waals surface area contributed by atoms with Crippen LogP contribution in [0.25, 0.3) is 0 Å². The van der Waals surface area contributed by atoms with Gasteiger partial charge in [-0.25, -0.2) is 0 Å². The second-order valence-corrected chi connectivity index (χ2v) is 0.632. The van der Waals surface area contributed by atoms with Crippen molar-refractivity contribution >= 4 is 0 Å². The molecule has 0 unspecified atom stereocenters. The maximum atomic E-state index is 7.26. The van der Waals surface area contributed by atoms with Gasteiger partial charge in [-0.3, -0.25) is 0 Å². The Morgan fingerprint density at radius 1 is 1.14 bits per heavy atom. The van der Waals surface area contributed by atoms with E-state index < -0.39 is 0 Å². The lowest BCUT2D eigenvalue weighted by Crippen LogP contribution is -1.55. The maximum Gasteiger partial charge on any atom is 0.181 e. The summed E-state index contributed by atoms with van der Waals surface area (Å²) in [7, 11) is 3.25. The lowest BCUT2D eigenvalue weighted by Gasteiger charge is -1.61. The van der Waals surface area contributed by atoms with Crippen molar-refractivity contribution in [2.75, 3.05) is 14.2 Å².